The number of methoxy groups -OCH3 is 2. The molecule has 1 saturated heterocycles. The summed E-state index contributed by atoms with van der Waals surface area (Å²) in [6.45, 7) is 2.22. The lowest BCUT2D eigenvalue weighted by Gasteiger charge is -2.18. The van der Waals surface area contributed by atoms with Gasteiger partial charge in [0.1, 0.15) is 5.84 Å². The Bertz CT molecular complexity index is 845. The van der Waals surface area contributed by atoms with E-state index in [1.807, 2.05) is 24.3 Å². The van der Waals surface area contributed by atoms with Crippen LogP contribution in [0.3, 0.4) is 0 Å². The third kappa shape index (κ3) is 2.77. The fourth-order valence-electron chi connectivity index (χ4n) is 4.13. The van der Waals surface area contributed by atoms with E-state index in [0.29, 0.717) is 5.92 Å². The monoisotopic (exact) mass is 415 g/mol. The first-order valence-electron chi connectivity index (χ1n) is 8.77. The Balaban J connectivity index is 1.76. The number of nitrogens with zero attached hydrogens (tertiary/aromatic N) is 1. The molecule has 2 unspecified atom stereocenters. The van der Waals surface area contributed by atoms with Crippen molar-refractivity contribution in [3.05, 3.63) is 52.0 Å². The highest BCUT2D eigenvalue weighted by Gasteiger charge is 2.47. The van der Waals surface area contributed by atoms with Gasteiger partial charge in [-0.2, -0.15) is 0 Å². The van der Waals surface area contributed by atoms with Crippen LogP contribution < -0.4 is 20.3 Å². The van der Waals surface area contributed by atoms with Gasteiger partial charge >= 0.3 is 0 Å². The maximum atomic E-state index is 5.52. The Hall–Kier alpha value is -2.05. The molecule has 136 valence electrons. The average molecular weight is 416 g/mol. The third-order valence-corrected chi connectivity index (χ3v) is 5.78. The number of hydrogen-bond acceptors (Lipinski definition) is 4. The predicted molar refractivity (Wildman–Crippen MR) is 106 cm³/mol. The molecule has 1 aliphatic heterocycles. The number of nitrogens with one attached hydrogen (secondary N) is 2. The smallest absolute Gasteiger partial charge is 0.161 e. The highest BCUT2D eigenvalue weighted by molar-refractivity contribution is 9.10. The van der Waals surface area contributed by atoms with Crippen LogP contribution in [0.4, 0.5) is 5.69 Å². The zero-order valence-corrected chi connectivity index (χ0v) is 16.6. The summed E-state index contributed by atoms with van der Waals surface area (Å²) in [5.74, 6) is 3.17. The lowest BCUT2D eigenvalue weighted by molar-refractivity contribution is 0.354. The Kier molecular flexibility index (Phi) is 4.63. The van der Waals surface area contributed by atoms with Gasteiger partial charge < -0.3 is 14.9 Å². The van der Waals surface area contributed by atoms with Crippen molar-refractivity contribution < 1.29 is 9.47 Å². The minimum absolute atomic E-state index is 0.181. The molecule has 26 heavy (non-hydrogen) atoms. The summed E-state index contributed by atoms with van der Waals surface area (Å²) in [4.78, 5) is 4.88. The third-order valence-electron chi connectivity index (χ3n) is 5.29. The van der Waals surface area contributed by atoms with E-state index in [-0.39, 0.29) is 12.0 Å². The quantitative estimate of drug-likeness (QED) is 0.773. The van der Waals surface area contributed by atoms with Crippen LogP contribution in [0.1, 0.15) is 36.4 Å². The number of ether oxygens (including phenoxy) is 2. The van der Waals surface area contributed by atoms with Gasteiger partial charge in [-0.15, -0.1) is 0 Å². The molecule has 6 heteroatoms. The molecule has 0 radical (unpaired) electrons. The van der Waals surface area contributed by atoms with Crippen molar-refractivity contribution in [1.82, 2.24) is 10.9 Å². The molecule has 0 spiro atoms. The Morgan fingerprint density at radius 3 is 2.46 bits per heavy atom. The second-order valence-electron chi connectivity index (χ2n) is 6.60. The SMILES string of the molecule is CC[C@@H]1c2cc(OC)c(OC)cc2C2NNC(=Nc3cccc(Br)c3)C21. The topological polar surface area (TPSA) is 54.9 Å². The minimum Gasteiger partial charge on any atom is -0.493 e. The molecule has 0 aromatic heterocycles. The molecule has 2 N–H and O–H groups in total. The molecule has 2 aromatic rings. The van der Waals surface area contributed by atoms with Gasteiger partial charge in [0, 0.05) is 10.4 Å². The number of hydrogen-bond donors (Lipinski definition) is 2. The van der Waals surface area contributed by atoms with Gasteiger partial charge in [0.2, 0.25) is 0 Å². The summed E-state index contributed by atoms with van der Waals surface area (Å²) in [6.07, 6.45) is 1.03. The van der Waals surface area contributed by atoms with Gasteiger partial charge in [0.05, 0.1) is 25.9 Å². The minimum atomic E-state index is 0.181. The number of benzene rings is 2. The van der Waals surface area contributed by atoms with Crippen LogP contribution in [0.5, 0.6) is 11.5 Å². The van der Waals surface area contributed by atoms with Gasteiger partial charge in [-0.25, -0.2) is 10.4 Å². The maximum absolute atomic E-state index is 5.52. The van der Waals surface area contributed by atoms with Crippen LogP contribution in [0.15, 0.2) is 45.9 Å². The molecule has 3 atom stereocenters. The van der Waals surface area contributed by atoms with Crippen LogP contribution in [-0.2, 0) is 0 Å². The van der Waals surface area contributed by atoms with Crippen LogP contribution in [0.25, 0.3) is 0 Å². The molecule has 0 amide bonds. The lowest BCUT2D eigenvalue weighted by atomic mass is 9.88. The van der Waals surface area contributed by atoms with Gasteiger partial charge in [-0.1, -0.05) is 28.9 Å². The van der Waals surface area contributed by atoms with E-state index in [4.69, 9.17) is 14.5 Å². The van der Waals surface area contributed by atoms with Crippen LogP contribution >= 0.6 is 15.9 Å². The first-order chi connectivity index (χ1) is 12.7. The lowest BCUT2D eigenvalue weighted by Crippen LogP contribution is -2.29. The van der Waals surface area contributed by atoms with Crippen molar-refractivity contribution in [3.63, 3.8) is 0 Å². The van der Waals surface area contributed by atoms with Crippen molar-refractivity contribution in [1.29, 1.82) is 0 Å². The summed E-state index contributed by atoms with van der Waals surface area (Å²) < 4.78 is 12.0. The summed E-state index contributed by atoms with van der Waals surface area (Å²) in [5, 5.41) is 0. The maximum Gasteiger partial charge on any atom is 0.161 e. The second-order valence-corrected chi connectivity index (χ2v) is 7.52. The van der Waals surface area contributed by atoms with Gasteiger partial charge in [-0.3, -0.25) is 0 Å². The zero-order chi connectivity index (χ0) is 18.3. The molecule has 5 nitrogen and oxygen atoms in total. The first-order valence-corrected chi connectivity index (χ1v) is 9.57. The largest absolute Gasteiger partial charge is 0.493 e. The normalized spacial score (nSPS) is 24.9. The molecule has 4 rings (SSSR count). The fraction of sp³-hybridized carbons (Fsp3) is 0.350. The molecule has 1 fully saturated rings. The highest BCUT2D eigenvalue weighted by Crippen LogP contribution is 2.52. The standard InChI is InChI=1S/C20H22BrN3O2/c1-4-13-14-9-16(25-2)17(26-3)10-15(14)19-18(13)20(24-23-19)22-12-7-5-6-11(21)8-12/h5-10,13,18-19,23H,4H2,1-3H3,(H,22,24)/t13-,18?,19?/m1/s1. The number of fused-ring (bicyclic) bond motifs is 3. The molecule has 0 saturated carbocycles. The van der Waals surface area contributed by atoms with Crippen LogP contribution in [0, 0.1) is 5.92 Å². The summed E-state index contributed by atoms with van der Waals surface area (Å²) in [6, 6.07) is 12.4. The Morgan fingerprint density at radius 2 is 1.81 bits per heavy atom. The molecule has 1 heterocycles. The Morgan fingerprint density at radius 1 is 1.08 bits per heavy atom. The molecular formula is C20H22BrN3O2. The van der Waals surface area contributed by atoms with E-state index in [2.05, 4.69) is 45.8 Å². The molecule has 1 aliphatic carbocycles. The summed E-state index contributed by atoms with van der Waals surface area (Å²) >= 11 is 3.52. The van der Waals surface area contributed by atoms with Crippen LogP contribution in [-0.4, -0.2) is 20.1 Å². The van der Waals surface area contributed by atoms with Crippen molar-refractivity contribution in [3.8, 4) is 11.5 Å². The summed E-state index contributed by atoms with van der Waals surface area (Å²) in [7, 11) is 3.36. The van der Waals surface area contributed by atoms with E-state index >= 15 is 0 Å². The van der Waals surface area contributed by atoms with E-state index in [1.165, 1.54) is 11.1 Å². The summed E-state index contributed by atoms with van der Waals surface area (Å²) in [5.41, 5.74) is 10.2. The molecule has 2 aromatic carbocycles. The zero-order valence-electron chi connectivity index (χ0n) is 15.0. The fourth-order valence-corrected chi connectivity index (χ4v) is 4.52. The highest BCUT2D eigenvalue weighted by atomic mass is 79.9. The number of amidine groups is 1. The van der Waals surface area contributed by atoms with Crippen molar-refractivity contribution in [2.24, 2.45) is 10.9 Å². The number of hydrazine groups is 1. The van der Waals surface area contributed by atoms with Crippen molar-refractivity contribution in [2.75, 3.05) is 14.2 Å². The number of aliphatic imine (C=N–C) groups is 1. The molecule has 2 aliphatic rings. The van der Waals surface area contributed by atoms with Gasteiger partial charge in [-0.05, 0) is 53.8 Å². The predicted octanol–water partition coefficient (Wildman–Crippen LogP) is 4.47. The van der Waals surface area contributed by atoms with E-state index in [1.54, 1.807) is 14.2 Å². The first kappa shape index (κ1) is 17.4. The van der Waals surface area contributed by atoms with Crippen molar-refractivity contribution in [2.45, 2.75) is 25.3 Å². The second kappa shape index (κ2) is 6.93. The van der Waals surface area contributed by atoms with Gasteiger partial charge in [0.25, 0.3) is 0 Å². The van der Waals surface area contributed by atoms with Crippen LogP contribution in [0.2, 0.25) is 0 Å². The van der Waals surface area contributed by atoms with E-state index in [0.717, 1.165) is 33.9 Å². The number of rotatable bonds is 4. The van der Waals surface area contributed by atoms with E-state index in [9.17, 15) is 0 Å². The van der Waals surface area contributed by atoms with Crippen molar-refractivity contribution >= 4 is 27.5 Å². The Labute approximate surface area is 161 Å². The molecular weight excluding hydrogens is 394 g/mol. The van der Waals surface area contributed by atoms with E-state index < -0.39 is 0 Å². The molecule has 0 bridgehead atoms. The van der Waals surface area contributed by atoms with Gasteiger partial charge in [0.15, 0.2) is 11.5 Å². The number of halogens is 1. The average Bonchev–Trinajstić information content (AvgIpc) is 3.18.